The summed E-state index contributed by atoms with van der Waals surface area (Å²) >= 11 is 0. The fourth-order valence-corrected chi connectivity index (χ4v) is 2.10. The monoisotopic (exact) mass is 263 g/mol. The zero-order valence-corrected chi connectivity index (χ0v) is 13.2. The van der Waals surface area contributed by atoms with E-state index in [1.165, 1.54) is 24.0 Å². The summed E-state index contributed by atoms with van der Waals surface area (Å²) in [4.78, 5) is 0. The molecular formula is C17H29NO. The second kappa shape index (κ2) is 7.54. The van der Waals surface area contributed by atoms with Gasteiger partial charge in [0.1, 0.15) is 5.75 Å². The molecule has 1 N–H and O–H groups in total. The Hall–Kier alpha value is -1.02. The molecule has 0 aromatic heterocycles. The van der Waals surface area contributed by atoms with Crippen LogP contribution in [0.2, 0.25) is 0 Å². The first-order valence-electron chi connectivity index (χ1n) is 7.40. The van der Waals surface area contributed by atoms with Crippen molar-refractivity contribution in [2.24, 2.45) is 0 Å². The van der Waals surface area contributed by atoms with E-state index in [1.807, 2.05) is 6.92 Å². The fourth-order valence-electron chi connectivity index (χ4n) is 2.10. The number of unbranched alkanes of at least 4 members (excludes halogenated alkanes) is 1. The van der Waals surface area contributed by atoms with Crippen molar-refractivity contribution < 1.29 is 4.74 Å². The number of ether oxygens (including phenoxy) is 1. The zero-order valence-electron chi connectivity index (χ0n) is 13.2. The van der Waals surface area contributed by atoms with Gasteiger partial charge in [-0.15, -0.1) is 0 Å². The molecule has 0 radical (unpaired) electrons. The summed E-state index contributed by atoms with van der Waals surface area (Å²) in [6, 6.07) is 6.47. The molecule has 0 heterocycles. The number of rotatable bonds is 7. The van der Waals surface area contributed by atoms with Crippen molar-refractivity contribution in [2.75, 3.05) is 13.2 Å². The van der Waals surface area contributed by atoms with Crippen LogP contribution < -0.4 is 10.1 Å². The van der Waals surface area contributed by atoms with Gasteiger partial charge in [0, 0.05) is 5.54 Å². The molecule has 108 valence electrons. The lowest BCUT2D eigenvalue weighted by molar-refractivity contribution is 0.336. The van der Waals surface area contributed by atoms with E-state index < -0.39 is 0 Å². The summed E-state index contributed by atoms with van der Waals surface area (Å²) < 4.78 is 5.69. The van der Waals surface area contributed by atoms with E-state index in [4.69, 9.17) is 4.74 Å². The van der Waals surface area contributed by atoms with Crippen LogP contribution >= 0.6 is 0 Å². The standard InChI is InChI=1S/C17H29NO/c1-6-19-16-11-10-14(2)13-15(16)9-7-8-12-18-17(3,4)5/h10-11,13,18H,6-9,12H2,1-5H3. The smallest absolute Gasteiger partial charge is 0.122 e. The van der Waals surface area contributed by atoms with Crippen molar-refractivity contribution >= 4 is 0 Å². The van der Waals surface area contributed by atoms with Gasteiger partial charge in [-0.25, -0.2) is 0 Å². The van der Waals surface area contributed by atoms with Crippen LogP contribution in [0.25, 0.3) is 0 Å². The SMILES string of the molecule is CCOc1ccc(C)cc1CCCCNC(C)(C)C. The average molecular weight is 263 g/mol. The molecule has 0 aliphatic heterocycles. The lowest BCUT2D eigenvalue weighted by Crippen LogP contribution is -2.36. The molecule has 19 heavy (non-hydrogen) atoms. The topological polar surface area (TPSA) is 21.3 Å². The van der Waals surface area contributed by atoms with E-state index in [-0.39, 0.29) is 5.54 Å². The van der Waals surface area contributed by atoms with Gasteiger partial charge < -0.3 is 10.1 Å². The first-order valence-corrected chi connectivity index (χ1v) is 7.40. The van der Waals surface area contributed by atoms with E-state index in [0.717, 1.165) is 25.3 Å². The molecule has 0 saturated heterocycles. The summed E-state index contributed by atoms with van der Waals surface area (Å²) in [7, 11) is 0. The molecule has 0 spiro atoms. The van der Waals surface area contributed by atoms with Crippen LogP contribution in [0.5, 0.6) is 5.75 Å². The molecule has 2 heteroatoms. The van der Waals surface area contributed by atoms with Crippen LogP contribution in [0.15, 0.2) is 18.2 Å². The first-order chi connectivity index (χ1) is 8.92. The summed E-state index contributed by atoms with van der Waals surface area (Å²) in [6.45, 7) is 12.6. The van der Waals surface area contributed by atoms with Crippen molar-refractivity contribution in [3.05, 3.63) is 29.3 Å². The predicted octanol–water partition coefficient (Wildman–Crippen LogP) is 4.10. The predicted molar refractivity (Wildman–Crippen MR) is 83.0 cm³/mol. The van der Waals surface area contributed by atoms with Gasteiger partial charge in [-0.3, -0.25) is 0 Å². The van der Waals surface area contributed by atoms with Gasteiger partial charge in [-0.2, -0.15) is 0 Å². The van der Waals surface area contributed by atoms with E-state index in [9.17, 15) is 0 Å². The molecule has 2 nitrogen and oxygen atoms in total. The van der Waals surface area contributed by atoms with Gasteiger partial charge >= 0.3 is 0 Å². The Labute approximate surface area is 118 Å². The largest absolute Gasteiger partial charge is 0.494 e. The molecule has 1 aromatic carbocycles. The van der Waals surface area contributed by atoms with E-state index >= 15 is 0 Å². The lowest BCUT2D eigenvalue weighted by Gasteiger charge is -2.20. The lowest BCUT2D eigenvalue weighted by atomic mass is 10.0. The molecule has 1 rings (SSSR count). The molecule has 0 fully saturated rings. The number of nitrogens with one attached hydrogen (secondary N) is 1. The van der Waals surface area contributed by atoms with Crippen molar-refractivity contribution in [1.29, 1.82) is 0 Å². The van der Waals surface area contributed by atoms with E-state index in [1.54, 1.807) is 0 Å². The van der Waals surface area contributed by atoms with Crippen LogP contribution in [0, 0.1) is 6.92 Å². The highest BCUT2D eigenvalue weighted by Gasteiger charge is 2.08. The minimum Gasteiger partial charge on any atom is -0.494 e. The molecular weight excluding hydrogens is 234 g/mol. The Morgan fingerprint density at radius 3 is 2.53 bits per heavy atom. The number of hydrogen-bond donors (Lipinski definition) is 1. The second-order valence-electron chi connectivity index (χ2n) is 6.18. The van der Waals surface area contributed by atoms with Crippen LogP contribution in [-0.4, -0.2) is 18.7 Å². The summed E-state index contributed by atoms with van der Waals surface area (Å²) in [5, 5.41) is 3.53. The fraction of sp³-hybridized carbons (Fsp3) is 0.647. The van der Waals surface area contributed by atoms with E-state index in [2.05, 4.69) is 51.2 Å². The molecule has 0 aliphatic carbocycles. The highest BCUT2D eigenvalue weighted by atomic mass is 16.5. The maximum Gasteiger partial charge on any atom is 0.122 e. The summed E-state index contributed by atoms with van der Waals surface area (Å²) in [5.41, 5.74) is 2.88. The Morgan fingerprint density at radius 1 is 1.16 bits per heavy atom. The van der Waals surface area contributed by atoms with Crippen LogP contribution in [-0.2, 0) is 6.42 Å². The highest BCUT2D eigenvalue weighted by molar-refractivity contribution is 5.37. The third-order valence-electron chi connectivity index (χ3n) is 3.04. The van der Waals surface area contributed by atoms with Crippen LogP contribution in [0.3, 0.4) is 0 Å². The number of benzene rings is 1. The molecule has 0 atom stereocenters. The molecule has 0 unspecified atom stereocenters. The molecule has 0 bridgehead atoms. The number of aryl methyl sites for hydroxylation is 2. The maximum absolute atomic E-state index is 5.69. The minimum atomic E-state index is 0.222. The molecule has 0 saturated carbocycles. The Bertz CT molecular complexity index is 379. The normalized spacial score (nSPS) is 11.6. The van der Waals surface area contributed by atoms with Crippen molar-refractivity contribution in [1.82, 2.24) is 5.32 Å². The van der Waals surface area contributed by atoms with Gasteiger partial charge in [-0.1, -0.05) is 17.7 Å². The van der Waals surface area contributed by atoms with Crippen LogP contribution in [0.4, 0.5) is 0 Å². The van der Waals surface area contributed by atoms with Gasteiger partial charge in [0.2, 0.25) is 0 Å². The first kappa shape index (κ1) is 16.0. The zero-order chi connectivity index (χ0) is 14.3. The Morgan fingerprint density at radius 2 is 1.89 bits per heavy atom. The van der Waals surface area contributed by atoms with Crippen molar-refractivity contribution in [2.45, 2.75) is 59.4 Å². The van der Waals surface area contributed by atoms with Crippen molar-refractivity contribution in [3.8, 4) is 5.75 Å². The number of hydrogen-bond acceptors (Lipinski definition) is 2. The second-order valence-corrected chi connectivity index (χ2v) is 6.18. The molecule has 0 amide bonds. The highest BCUT2D eigenvalue weighted by Crippen LogP contribution is 2.22. The third-order valence-corrected chi connectivity index (χ3v) is 3.04. The minimum absolute atomic E-state index is 0.222. The van der Waals surface area contributed by atoms with Gasteiger partial charge in [0.15, 0.2) is 0 Å². The van der Waals surface area contributed by atoms with Crippen LogP contribution in [0.1, 0.15) is 51.7 Å². The van der Waals surface area contributed by atoms with Gasteiger partial charge in [-0.05, 0) is 72.1 Å². The molecule has 1 aromatic rings. The summed E-state index contributed by atoms with van der Waals surface area (Å²) in [6.07, 6.45) is 3.51. The van der Waals surface area contributed by atoms with Crippen molar-refractivity contribution in [3.63, 3.8) is 0 Å². The van der Waals surface area contributed by atoms with Gasteiger partial charge in [0.25, 0.3) is 0 Å². The third kappa shape index (κ3) is 6.63. The van der Waals surface area contributed by atoms with E-state index in [0.29, 0.717) is 0 Å². The average Bonchev–Trinajstić information content (AvgIpc) is 2.30. The molecule has 0 aliphatic rings. The van der Waals surface area contributed by atoms with Gasteiger partial charge in [0.05, 0.1) is 6.61 Å². The summed E-state index contributed by atoms with van der Waals surface area (Å²) in [5.74, 6) is 1.05. The maximum atomic E-state index is 5.69. The quantitative estimate of drug-likeness (QED) is 0.748. The Kier molecular flexibility index (Phi) is 6.36. The Balaban J connectivity index is 2.41.